The molecule has 106 valence electrons. The van der Waals surface area contributed by atoms with Crippen molar-refractivity contribution in [2.75, 3.05) is 18.1 Å². The molecule has 1 saturated heterocycles. The van der Waals surface area contributed by atoms with Crippen molar-refractivity contribution in [3.63, 3.8) is 0 Å². The standard InChI is InChI=1S/C11H14BrNO5S/c12-9-1-3-18-10(9)6-13-2-4-19(16,17)7-8(13)5-11(14)15/h1,3,8H,2,4-7H2,(H,14,15). The molecule has 1 aliphatic rings. The van der Waals surface area contributed by atoms with Crippen LogP contribution in [-0.4, -0.2) is 48.5 Å². The van der Waals surface area contributed by atoms with Gasteiger partial charge in [0.1, 0.15) is 5.76 Å². The lowest BCUT2D eigenvalue weighted by molar-refractivity contribution is -0.138. The predicted octanol–water partition coefficient (Wildman–Crippen LogP) is 1.12. The third-order valence-corrected chi connectivity index (χ3v) is 5.50. The van der Waals surface area contributed by atoms with Crippen molar-refractivity contribution in [3.8, 4) is 0 Å². The van der Waals surface area contributed by atoms with Gasteiger partial charge >= 0.3 is 5.97 Å². The van der Waals surface area contributed by atoms with E-state index in [9.17, 15) is 13.2 Å². The van der Waals surface area contributed by atoms with E-state index in [4.69, 9.17) is 9.52 Å². The minimum absolute atomic E-state index is 0.0570. The number of sulfone groups is 1. The van der Waals surface area contributed by atoms with Gasteiger partial charge in [-0.05, 0) is 22.0 Å². The Hall–Kier alpha value is -0.860. The van der Waals surface area contributed by atoms with Crippen LogP contribution in [0.1, 0.15) is 12.2 Å². The maximum Gasteiger partial charge on any atom is 0.304 e. The number of carbonyl (C=O) groups is 1. The fourth-order valence-electron chi connectivity index (χ4n) is 2.14. The molecule has 19 heavy (non-hydrogen) atoms. The number of carboxylic acids is 1. The average Bonchev–Trinajstić information content (AvgIpc) is 2.67. The summed E-state index contributed by atoms with van der Waals surface area (Å²) in [4.78, 5) is 12.7. The molecule has 0 amide bonds. The van der Waals surface area contributed by atoms with Crippen LogP contribution >= 0.6 is 15.9 Å². The van der Waals surface area contributed by atoms with Crippen LogP contribution in [-0.2, 0) is 21.2 Å². The van der Waals surface area contributed by atoms with Crippen molar-refractivity contribution >= 4 is 31.7 Å². The summed E-state index contributed by atoms with van der Waals surface area (Å²) in [6, 6.07) is 1.25. The summed E-state index contributed by atoms with van der Waals surface area (Å²) in [7, 11) is -3.15. The predicted molar refractivity (Wildman–Crippen MR) is 71.5 cm³/mol. The van der Waals surface area contributed by atoms with Gasteiger partial charge in [-0.15, -0.1) is 0 Å². The molecular formula is C11H14BrNO5S. The summed E-state index contributed by atoms with van der Waals surface area (Å²) in [6.45, 7) is 0.731. The minimum atomic E-state index is -3.15. The van der Waals surface area contributed by atoms with Crippen LogP contribution in [0, 0.1) is 0 Å². The van der Waals surface area contributed by atoms with Crippen LogP contribution in [0.5, 0.6) is 0 Å². The van der Waals surface area contributed by atoms with Crippen LogP contribution in [0.15, 0.2) is 21.2 Å². The third kappa shape index (κ3) is 3.80. The molecule has 1 unspecified atom stereocenters. The topological polar surface area (TPSA) is 87.8 Å². The molecule has 1 aliphatic heterocycles. The first kappa shape index (κ1) is 14.5. The molecule has 0 saturated carbocycles. The fourth-order valence-corrected chi connectivity index (χ4v) is 4.06. The first-order valence-electron chi connectivity index (χ1n) is 5.75. The monoisotopic (exact) mass is 351 g/mol. The molecule has 0 spiro atoms. The largest absolute Gasteiger partial charge is 0.481 e. The van der Waals surface area contributed by atoms with Gasteiger partial charge in [0.15, 0.2) is 9.84 Å². The van der Waals surface area contributed by atoms with E-state index in [1.54, 1.807) is 6.07 Å². The Morgan fingerprint density at radius 1 is 1.58 bits per heavy atom. The molecule has 1 atom stereocenters. The van der Waals surface area contributed by atoms with Gasteiger partial charge < -0.3 is 9.52 Å². The Labute approximate surface area is 119 Å². The van der Waals surface area contributed by atoms with Gasteiger partial charge in [-0.25, -0.2) is 8.42 Å². The Kier molecular flexibility index (Phi) is 4.32. The lowest BCUT2D eigenvalue weighted by atomic mass is 10.2. The second-order valence-corrected chi connectivity index (χ2v) is 7.61. The van der Waals surface area contributed by atoms with Gasteiger partial charge in [-0.2, -0.15) is 0 Å². The third-order valence-electron chi connectivity index (χ3n) is 3.10. The van der Waals surface area contributed by atoms with Gasteiger partial charge in [0, 0.05) is 12.6 Å². The summed E-state index contributed by atoms with van der Waals surface area (Å²) >= 11 is 3.33. The molecule has 0 aromatic carbocycles. The van der Waals surface area contributed by atoms with Gasteiger partial charge in [-0.3, -0.25) is 9.69 Å². The fraction of sp³-hybridized carbons (Fsp3) is 0.545. The van der Waals surface area contributed by atoms with Crippen molar-refractivity contribution in [3.05, 3.63) is 22.6 Å². The lowest BCUT2D eigenvalue weighted by Gasteiger charge is -2.33. The van der Waals surface area contributed by atoms with Gasteiger partial charge in [0.25, 0.3) is 0 Å². The SMILES string of the molecule is O=C(O)CC1CS(=O)(=O)CCN1Cc1occc1Br. The van der Waals surface area contributed by atoms with Crippen molar-refractivity contribution in [2.24, 2.45) is 0 Å². The number of rotatable bonds is 4. The molecule has 1 aromatic rings. The smallest absolute Gasteiger partial charge is 0.304 e. The van der Waals surface area contributed by atoms with E-state index in [1.807, 2.05) is 4.90 Å². The van der Waals surface area contributed by atoms with E-state index < -0.39 is 21.8 Å². The van der Waals surface area contributed by atoms with E-state index in [1.165, 1.54) is 6.26 Å². The number of carboxylic acid groups (broad SMARTS) is 1. The highest BCUT2D eigenvalue weighted by Crippen LogP contribution is 2.23. The summed E-state index contributed by atoms with van der Waals surface area (Å²) in [6.07, 6.45) is 1.35. The lowest BCUT2D eigenvalue weighted by Crippen LogP contribution is -2.48. The molecule has 0 radical (unpaired) electrons. The summed E-state index contributed by atoms with van der Waals surface area (Å²) in [5.74, 6) is -0.376. The second kappa shape index (κ2) is 5.64. The Balaban J connectivity index is 2.13. The van der Waals surface area contributed by atoms with Gasteiger partial charge in [-0.1, -0.05) is 0 Å². The van der Waals surface area contributed by atoms with E-state index in [2.05, 4.69) is 15.9 Å². The zero-order chi connectivity index (χ0) is 14.0. The molecule has 0 bridgehead atoms. The summed E-state index contributed by atoms with van der Waals surface area (Å²) in [5.41, 5.74) is 0. The first-order chi connectivity index (χ1) is 8.87. The quantitative estimate of drug-likeness (QED) is 0.874. The molecule has 0 aliphatic carbocycles. The van der Waals surface area contributed by atoms with Crippen LogP contribution in [0.2, 0.25) is 0 Å². The Morgan fingerprint density at radius 3 is 2.89 bits per heavy atom. The van der Waals surface area contributed by atoms with Crippen LogP contribution < -0.4 is 0 Å². The molecule has 2 heterocycles. The molecule has 1 aromatic heterocycles. The van der Waals surface area contributed by atoms with E-state index in [0.29, 0.717) is 18.8 Å². The maximum atomic E-state index is 11.6. The van der Waals surface area contributed by atoms with E-state index >= 15 is 0 Å². The highest BCUT2D eigenvalue weighted by atomic mass is 79.9. The normalized spacial score (nSPS) is 23.3. The molecule has 6 nitrogen and oxygen atoms in total. The highest BCUT2D eigenvalue weighted by Gasteiger charge is 2.33. The van der Waals surface area contributed by atoms with Crippen LogP contribution in [0.25, 0.3) is 0 Å². The molecule has 8 heteroatoms. The molecule has 1 fully saturated rings. The van der Waals surface area contributed by atoms with Crippen molar-refractivity contribution in [2.45, 2.75) is 19.0 Å². The van der Waals surface area contributed by atoms with Gasteiger partial charge in [0.2, 0.25) is 0 Å². The molecule has 1 N–H and O–H groups in total. The van der Waals surface area contributed by atoms with Crippen molar-refractivity contribution < 1.29 is 22.7 Å². The number of halogens is 1. The van der Waals surface area contributed by atoms with Crippen molar-refractivity contribution in [1.29, 1.82) is 0 Å². The number of hydrogen-bond donors (Lipinski definition) is 1. The molecule has 2 rings (SSSR count). The van der Waals surface area contributed by atoms with E-state index in [0.717, 1.165) is 4.47 Å². The second-order valence-electron chi connectivity index (χ2n) is 4.53. The average molecular weight is 352 g/mol. The summed E-state index contributed by atoms with van der Waals surface area (Å²) in [5, 5.41) is 8.88. The first-order valence-corrected chi connectivity index (χ1v) is 8.37. The van der Waals surface area contributed by atoms with Gasteiger partial charge in [0.05, 0.1) is 35.2 Å². The number of aliphatic carboxylic acids is 1. The zero-order valence-corrected chi connectivity index (χ0v) is 12.5. The minimum Gasteiger partial charge on any atom is -0.481 e. The van der Waals surface area contributed by atoms with Crippen molar-refractivity contribution in [1.82, 2.24) is 4.90 Å². The summed E-state index contributed by atoms with van der Waals surface area (Å²) < 4.78 is 29.3. The Bertz CT molecular complexity index is 567. The number of hydrogen-bond acceptors (Lipinski definition) is 5. The highest BCUT2D eigenvalue weighted by molar-refractivity contribution is 9.10. The zero-order valence-electron chi connectivity index (χ0n) is 10.1. The number of furan rings is 1. The van der Waals surface area contributed by atoms with E-state index in [-0.39, 0.29) is 17.9 Å². The number of nitrogens with zero attached hydrogens (tertiary/aromatic N) is 1. The Morgan fingerprint density at radius 2 is 2.32 bits per heavy atom. The van der Waals surface area contributed by atoms with Crippen LogP contribution in [0.3, 0.4) is 0 Å². The maximum absolute atomic E-state index is 11.6. The van der Waals surface area contributed by atoms with Crippen LogP contribution in [0.4, 0.5) is 0 Å². The molecular weight excluding hydrogens is 338 g/mol.